The van der Waals surface area contributed by atoms with Gasteiger partial charge in [-0.1, -0.05) is 202 Å². The molecular weight excluding hydrogens is 745 g/mol. The standard InChI is InChI=1S/C54H90O6/c1-4-7-10-13-16-19-22-24-25-26-27-28-29-31-32-35-38-41-44-47-53(56)59-50-51(49-58-52(55)46-43-40-37-34-21-18-15-12-9-6-3)60-54(57)48-45-42-39-36-33-30-23-20-17-14-11-8-5-2/h7,10,16,19,24-25,27-28,30-33,39,42,51H,4-6,8-9,11-15,17-18,20-23,26,29,34-38,40-41,43-50H2,1-3H3/b10-7-,19-16-,25-24-,28-27-,32-31-,33-30-,42-39-. The Labute approximate surface area is 369 Å². The summed E-state index contributed by atoms with van der Waals surface area (Å²) in [6, 6.07) is 0. The highest BCUT2D eigenvalue weighted by molar-refractivity contribution is 5.71. The molecule has 0 spiro atoms. The van der Waals surface area contributed by atoms with Crippen molar-refractivity contribution in [3.63, 3.8) is 0 Å². The molecule has 1 atom stereocenters. The zero-order valence-corrected chi connectivity index (χ0v) is 38.9. The molecule has 0 aliphatic carbocycles. The summed E-state index contributed by atoms with van der Waals surface area (Å²) in [5, 5.41) is 0. The summed E-state index contributed by atoms with van der Waals surface area (Å²) in [7, 11) is 0. The summed E-state index contributed by atoms with van der Waals surface area (Å²) in [6.07, 6.45) is 61.5. The van der Waals surface area contributed by atoms with Crippen molar-refractivity contribution in [3.8, 4) is 0 Å². The van der Waals surface area contributed by atoms with Gasteiger partial charge in [-0.15, -0.1) is 0 Å². The number of ether oxygens (including phenoxy) is 3. The molecule has 0 aromatic rings. The smallest absolute Gasteiger partial charge is 0.306 e. The van der Waals surface area contributed by atoms with Gasteiger partial charge in [0, 0.05) is 19.3 Å². The van der Waals surface area contributed by atoms with Gasteiger partial charge < -0.3 is 14.2 Å². The van der Waals surface area contributed by atoms with Gasteiger partial charge in [0.2, 0.25) is 0 Å². The highest BCUT2D eigenvalue weighted by Crippen LogP contribution is 2.13. The second kappa shape index (κ2) is 48.3. The van der Waals surface area contributed by atoms with Crippen LogP contribution in [0.1, 0.15) is 220 Å². The monoisotopic (exact) mass is 835 g/mol. The number of rotatable bonds is 43. The van der Waals surface area contributed by atoms with E-state index in [1.54, 1.807) is 0 Å². The van der Waals surface area contributed by atoms with Crippen LogP contribution in [0, 0.1) is 0 Å². The van der Waals surface area contributed by atoms with E-state index in [4.69, 9.17) is 14.2 Å². The van der Waals surface area contributed by atoms with Crippen molar-refractivity contribution in [1.29, 1.82) is 0 Å². The van der Waals surface area contributed by atoms with Crippen LogP contribution < -0.4 is 0 Å². The summed E-state index contributed by atoms with van der Waals surface area (Å²) in [6.45, 7) is 6.41. The Hall–Kier alpha value is -3.41. The first-order valence-corrected chi connectivity index (χ1v) is 24.6. The summed E-state index contributed by atoms with van der Waals surface area (Å²) >= 11 is 0. The van der Waals surface area contributed by atoms with Crippen molar-refractivity contribution in [2.45, 2.75) is 226 Å². The van der Waals surface area contributed by atoms with Crippen molar-refractivity contribution in [1.82, 2.24) is 0 Å². The van der Waals surface area contributed by atoms with Gasteiger partial charge in [0.15, 0.2) is 6.10 Å². The van der Waals surface area contributed by atoms with Crippen LogP contribution in [0.25, 0.3) is 0 Å². The molecular formula is C54H90O6. The van der Waals surface area contributed by atoms with Gasteiger partial charge in [0.25, 0.3) is 0 Å². The fraction of sp³-hybridized carbons (Fsp3) is 0.685. The van der Waals surface area contributed by atoms with E-state index in [1.165, 1.54) is 83.5 Å². The van der Waals surface area contributed by atoms with E-state index in [0.29, 0.717) is 19.3 Å². The van der Waals surface area contributed by atoms with E-state index < -0.39 is 6.10 Å². The molecule has 0 aliphatic rings. The van der Waals surface area contributed by atoms with E-state index in [0.717, 1.165) is 89.9 Å². The van der Waals surface area contributed by atoms with Crippen LogP contribution >= 0.6 is 0 Å². The summed E-state index contributed by atoms with van der Waals surface area (Å²) in [4.78, 5) is 37.8. The van der Waals surface area contributed by atoms with Crippen molar-refractivity contribution in [3.05, 3.63) is 85.1 Å². The number of carbonyl (C=O) groups excluding carboxylic acids is 3. The molecule has 6 heteroatoms. The van der Waals surface area contributed by atoms with Gasteiger partial charge in [-0.05, 0) is 83.5 Å². The first-order chi connectivity index (χ1) is 29.5. The lowest BCUT2D eigenvalue weighted by Gasteiger charge is -2.18. The van der Waals surface area contributed by atoms with Gasteiger partial charge in [0.1, 0.15) is 13.2 Å². The van der Waals surface area contributed by atoms with E-state index in [-0.39, 0.29) is 37.5 Å². The zero-order valence-electron chi connectivity index (χ0n) is 38.9. The van der Waals surface area contributed by atoms with Crippen molar-refractivity contribution in [2.24, 2.45) is 0 Å². The minimum absolute atomic E-state index is 0.109. The molecule has 0 aliphatic heterocycles. The lowest BCUT2D eigenvalue weighted by molar-refractivity contribution is -0.166. The molecule has 6 nitrogen and oxygen atoms in total. The van der Waals surface area contributed by atoms with Crippen molar-refractivity contribution < 1.29 is 28.6 Å². The number of carbonyl (C=O) groups is 3. The Kier molecular flexibility index (Phi) is 45.5. The molecule has 0 heterocycles. The molecule has 0 rings (SSSR count). The number of esters is 3. The maximum Gasteiger partial charge on any atom is 0.306 e. The Bertz CT molecular complexity index is 1190. The Morgan fingerprint density at radius 1 is 0.350 bits per heavy atom. The lowest BCUT2D eigenvalue weighted by atomic mass is 10.1. The largest absolute Gasteiger partial charge is 0.462 e. The molecule has 1 unspecified atom stereocenters. The zero-order chi connectivity index (χ0) is 43.7. The molecule has 342 valence electrons. The third-order valence-electron chi connectivity index (χ3n) is 10.1. The predicted octanol–water partition coefficient (Wildman–Crippen LogP) is 16.0. The molecule has 0 saturated carbocycles. The van der Waals surface area contributed by atoms with Gasteiger partial charge >= 0.3 is 17.9 Å². The van der Waals surface area contributed by atoms with Crippen molar-refractivity contribution in [2.75, 3.05) is 13.2 Å². The molecule has 0 saturated heterocycles. The third-order valence-corrected chi connectivity index (χ3v) is 10.1. The first-order valence-electron chi connectivity index (χ1n) is 24.6. The Morgan fingerprint density at radius 2 is 0.683 bits per heavy atom. The highest BCUT2D eigenvalue weighted by atomic mass is 16.6. The third kappa shape index (κ3) is 45.7. The normalized spacial score (nSPS) is 12.8. The maximum absolute atomic E-state index is 12.7. The van der Waals surface area contributed by atoms with Crippen LogP contribution in [0.5, 0.6) is 0 Å². The molecule has 0 N–H and O–H groups in total. The van der Waals surface area contributed by atoms with Gasteiger partial charge in [-0.2, -0.15) is 0 Å². The summed E-state index contributed by atoms with van der Waals surface area (Å²) in [5.74, 6) is -1.02. The molecule has 0 aromatic heterocycles. The highest BCUT2D eigenvalue weighted by Gasteiger charge is 2.19. The topological polar surface area (TPSA) is 78.9 Å². The number of hydrogen-bond acceptors (Lipinski definition) is 6. The van der Waals surface area contributed by atoms with Crippen LogP contribution in [0.3, 0.4) is 0 Å². The first kappa shape index (κ1) is 56.6. The second-order valence-corrected chi connectivity index (χ2v) is 16.0. The number of allylic oxidation sites excluding steroid dienone is 14. The molecule has 0 bridgehead atoms. The lowest BCUT2D eigenvalue weighted by Crippen LogP contribution is -2.30. The number of hydrogen-bond donors (Lipinski definition) is 0. The summed E-state index contributed by atoms with van der Waals surface area (Å²) in [5.41, 5.74) is 0. The quantitative estimate of drug-likeness (QED) is 0.0263. The van der Waals surface area contributed by atoms with E-state index in [1.807, 2.05) is 6.08 Å². The second-order valence-electron chi connectivity index (χ2n) is 16.0. The van der Waals surface area contributed by atoms with Gasteiger partial charge in [0.05, 0.1) is 0 Å². The van der Waals surface area contributed by atoms with E-state index >= 15 is 0 Å². The molecule has 60 heavy (non-hydrogen) atoms. The van der Waals surface area contributed by atoms with Crippen LogP contribution in [0.15, 0.2) is 85.1 Å². The minimum Gasteiger partial charge on any atom is -0.462 e. The average molecular weight is 835 g/mol. The van der Waals surface area contributed by atoms with Gasteiger partial charge in [-0.3, -0.25) is 14.4 Å². The predicted molar refractivity (Wildman–Crippen MR) is 256 cm³/mol. The molecule has 0 amide bonds. The molecule has 0 aromatic carbocycles. The van der Waals surface area contributed by atoms with Crippen LogP contribution in [-0.4, -0.2) is 37.2 Å². The van der Waals surface area contributed by atoms with E-state index in [9.17, 15) is 14.4 Å². The van der Waals surface area contributed by atoms with Crippen molar-refractivity contribution >= 4 is 17.9 Å². The summed E-state index contributed by atoms with van der Waals surface area (Å²) < 4.78 is 16.6. The van der Waals surface area contributed by atoms with Crippen LogP contribution in [0.2, 0.25) is 0 Å². The van der Waals surface area contributed by atoms with Crippen LogP contribution in [0.4, 0.5) is 0 Å². The average Bonchev–Trinajstić information content (AvgIpc) is 3.24. The Morgan fingerprint density at radius 3 is 1.10 bits per heavy atom. The fourth-order valence-electron chi connectivity index (χ4n) is 6.46. The minimum atomic E-state index is -0.817. The fourth-order valence-corrected chi connectivity index (χ4v) is 6.46. The molecule has 0 radical (unpaired) electrons. The number of unbranched alkanes of at least 4 members (excludes halogenated alkanes) is 18. The Balaban J connectivity index is 4.48. The van der Waals surface area contributed by atoms with Crippen LogP contribution in [-0.2, 0) is 28.6 Å². The SMILES string of the molecule is CC/C=C\C/C=C\C/C=C\C/C=C\C/C=C\CCCCCC(=O)OCC(COC(=O)CCCCCCCCCCCC)OC(=O)CC/C=C\C/C=C\CCCCCCCC. The molecule has 0 fully saturated rings. The maximum atomic E-state index is 12.7. The van der Waals surface area contributed by atoms with Gasteiger partial charge in [-0.25, -0.2) is 0 Å². The van der Waals surface area contributed by atoms with E-state index in [2.05, 4.69) is 99.8 Å².